The number of nitrogens with one attached hydrogen (secondary N) is 1. The summed E-state index contributed by atoms with van der Waals surface area (Å²) in [6, 6.07) is 6.41. The number of nitrogens with zero attached hydrogens (tertiary/aromatic N) is 1. The van der Waals surface area contributed by atoms with Gasteiger partial charge in [-0.3, -0.25) is 4.90 Å². The molecule has 0 saturated carbocycles. The van der Waals surface area contributed by atoms with Crippen molar-refractivity contribution in [2.24, 2.45) is 0 Å². The number of likely N-dealkylation sites (tertiary alicyclic amines) is 1. The molecule has 0 unspecified atom stereocenters. The molecule has 2 aliphatic rings. The van der Waals surface area contributed by atoms with Gasteiger partial charge in [0.25, 0.3) is 0 Å². The maximum absolute atomic E-state index is 6.26. The van der Waals surface area contributed by atoms with Crippen LogP contribution in [0.5, 0.6) is 5.75 Å². The van der Waals surface area contributed by atoms with Crippen molar-refractivity contribution in [1.29, 1.82) is 0 Å². The standard InChI is InChI=1S/C15H22N2O/c1-3-17-10-15(2,11-17)18-13-8-4-6-12-7-5-9-16-14(12)13/h4,6,8,16H,3,5,7,9-11H2,1-2H3. The average Bonchev–Trinajstić information content (AvgIpc) is 2.36. The third kappa shape index (κ3) is 2.07. The molecular weight excluding hydrogens is 224 g/mol. The fraction of sp³-hybridized carbons (Fsp3) is 0.600. The van der Waals surface area contributed by atoms with E-state index in [-0.39, 0.29) is 5.60 Å². The second-order valence-electron chi connectivity index (χ2n) is 5.68. The van der Waals surface area contributed by atoms with E-state index in [2.05, 4.69) is 42.3 Å². The molecule has 0 spiro atoms. The molecule has 0 atom stereocenters. The van der Waals surface area contributed by atoms with Gasteiger partial charge in [-0.05, 0) is 37.9 Å². The Kier molecular flexibility index (Phi) is 2.94. The minimum Gasteiger partial charge on any atom is -0.483 e. The SMILES string of the molecule is CCN1CC(C)(Oc2cccc3c2NCCC3)C1. The van der Waals surface area contributed by atoms with E-state index in [1.165, 1.54) is 17.7 Å². The van der Waals surface area contributed by atoms with E-state index in [0.29, 0.717) is 0 Å². The van der Waals surface area contributed by atoms with Crippen LogP contribution in [0.4, 0.5) is 5.69 Å². The van der Waals surface area contributed by atoms with Crippen LogP contribution in [0.25, 0.3) is 0 Å². The smallest absolute Gasteiger partial charge is 0.143 e. The summed E-state index contributed by atoms with van der Waals surface area (Å²) >= 11 is 0. The Morgan fingerprint density at radius 1 is 1.39 bits per heavy atom. The van der Waals surface area contributed by atoms with Gasteiger partial charge in [-0.1, -0.05) is 19.1 Å². The Morgan fingerprint density at radius 3 is 3.00 bits per heavy atom. The van der Waals surface area contributed by atoms with Crippen LogP contribution < -0.4 is 10.1 Å². The highest BCUT2D eigenvalue weighted by Gasteiger charge is 2.40. The second kappa shape index (κ2) is 4.47. The van der Waals surface area contributed by atoms with Gasteiger partial charge in [-0.2, -0.15) is 0 Å². The van der Waals surface area contributed by atoms with Crippen LogP contribution >= 0.6 is 0 Å². The number of hydrogen-bond donors (Lipinski definition) is 1. The van der Waals surface area contributed by atoms with E-state index in [1.807, 2.05) is 0 Å². The van der Waals surface area contributed by atoms with E-state index in [0.717, 1.165) is 38.3 Å². The zero-order chi connectivity index (χ0) is 12.6. The number of hydrogen-bond acceptors (Lipinski definition) is 3. The number of para-hydroxylation sites is 1. The number of ether oxygens (including phenoxy) is 1. The van der Waals surface area contributed by atoms with Crippen LogP contribution in [0.1, 0.15) is 25.8 Å². The normalized spacial score (nSPS) is 21.7. The number of anilines is 1. The van der Waals surface area contributed by atoms with Gasteiger partial charge < -0.3 is 10.1 Å². The molecule has 0 radical (unpaired) electrons. The Hall–Kier alpha value is -1.22. The second-order valence-corrected chi connectivity index (χ2v) is 5.68. The quantitative estimate of drug-likeness (QED) is 0.887. The molecule has 3 nitrogen and oxygen atoms in total. The highest BCUT2D eigenvalue weighted by molar-refractivity contribution is 5.63. The summed E-state index contributed by atoms with van der Waals surface area (Å²) in [5.41, 5.74) is 2.61. The minimum absolute atomic E-state index is 0.00966. The van der Waals surface area contributed by atoms with Gasteiger partial charge in [0.1, 0.15) is 11.4 Å². The van der Waals surface area contributed by atoms with Crippen LogP contribution in [0.2, 0.25) is 0 Å². The Bertz CT molecular complexity index is 438. The summed E-state index contributed by atoms with van der Waals surface area (Å²) in [4.78, 5) is 2.41. The van der Waals surface area contributed by atoms with Crippen molar-refractivity contribution < 1.29 is 4.74 Å². The summed E-state index contributed by atoms with van der Waals surface area (Å²) in [7, 11) is 0. The van der Waals surface area contributed by atoms with Gasteiger partial charge in [0.15, 0.2) is 0 Å². The first-order chi connectivity index (χ1) is 8.70. The lowest BCUT2D eigenvalue weighted by Crippen LogP contribution is -2.62. The van der Waals surface area contributed by atoms with Gasteiger partial charge >= 0.3 is 0 Å². The molecule has 2 aliphatic heterocycles. The Labute approximate surface area is 109 Å². The third-order valence-corrected chi connectivity index (χ3v) is 3.96. The molecule has 1 saturated heterocycles. The molecule has 3 heteroatoms. The largest absolute Gasteiger partial charge is 0.483 e. The van der Waals surface area contributed by atoms with Gasteiger partial charge in [0, 0.05) is 19.6 Å². The number of fused-ring (bicyclic) bond motifs is 1. The van der Waals surface area contributed by atoms with Gasteiger partial charge in [0.05, 0.1) is 5.69 Å². The molecule has 0 aromatic heterocycles. The number of likely N-dealkylation sites (N-methyl/N-ethyl adjacent to an activating group) is 1. The van der Waals surface area contributed by atoms with Crippen molar-refractivity contribution >= 4 is 5.69 Å². The van der Waals surface area contributed by atoms with Crippen molar-refractivity contribution in [3.05, 3.63) is 23.8 Å². The summed E-state index contributed by atoms with van der Waals surface area (Å²) in [6.07, 6.45) is 2.38. The average molecular weight is 246 g/mol. The predicted octanol–water partition coefficient (Wildman–Crippen LogP) is 2.52. The topological polar surface area (TPSA) is 24.5 Å². The molecule has 0 aliphatic carbocycles. The molecule has 1 N–H and O–H groups in total. The minimum atomic E-state index is -0.00966. The maximum atomic E-state index is 6.26. The maximum Gasteiger partial charge on any atom is 0.143 e. The van der Waals surface area contributed by atoms with Gasteiger partial charge in [-0.15, -0.1) is 0 Å². The number of aryl methyl sites for hydroxylation is 1. The van der Waals surface area contributed by atoms with Gasteiger partial charge in [-0.25, -0.2) is 0 Å². The molecule has 0 bridgehead atoms. The molecule has 2 heterocycles. The van der Waals surface area contributed by atoms with Crippen molar-refractivity contribution in [2.75, 3.05) is 31.5 Å². The monoisotopic (exact) mass is 246 g/mol. The molecule has 1 aromatic rings. The van der Waals surface area contributed by atoms with E-state index in [1.54, 1.807) is 0 Å². The van der Waals surface area contributed by atoms with Crippen molar-refractivity contribution in [3.8, 4) is 5.75 Å². The van der Waals surface area contributed by atoms with Crippen LogP contribution in [0.3, 0.4) is 0 Å². The van der Waals surface area contributed by atoms with E-state index in [9.17, 15) is 0 Å². The van der Waals surface area contributed by atoms with Crippen LogP contribution in [0.15, 0.2) is 18.2 Å². The van der Waals surface area contributed by atoms with E-state index < -0.39 is 0 Å². The molecule has 1 fully saturated rings. The summed E-state index contributed by atoms with van der Waals surface area (Å²) in [6.45, 7) is 8.66. The fourth-order valence-corrected chi connectivity index (χ4v) is 3.02. The fourth-order valence-electron chi connectivity index (χ4n) is 3.02. The Balaban J connectivity index is 1.77. The Morgan fingerprint density at radius 2 is 2.22 bits per heavy atom. The van der Waals surface area contributed by atoms with Crippen molar-refractivity contribution in [2.45, 2.75) is 32.3 Å². The molecular formula is C15H22N2O. The van der Waals surface area contributed by atoms with Crippen LogP contribution in [-0.4, -0.2) is 36.7 Å². The summed E-state index contributed by atoms with van der Waals surface area (Å²) < 4.78 is 6.26. The van der Waals surface area contributed by atoms with Crippen molar-refractivity contribution in [3.63, 3.8) is 0 Å². The van der Waals surface area contributed by atoms with Gasteiger partial charge in [0.2, 0.25) is 0 Å². The molecule has 3 rings (SSSR count). The molecule has 0 amide bonds. The van der Waals surface area contributed by atoms with Crippen LogP contribution in [-0.2, 0) is 6.42 Å². The van der Waals surface area contributed by atoms with Crippen molar-refractivity contribution in [1.82, 2.24) is 4.90 Å². The first-order valence-corrected chi connectivity index (χ1v) is 6.97. The first-order valence-electron chi connectivity index (χ1n) is 6.97. The zero-order valence-electron chi connectivity index (χ0n) is 11.3. The lowest BCUT2D eigenvalue weighted by Gasteiger charge is -2.47. The molecule has 1 aromatic carbocycles. The molecule has 98 valence electrons. The zero-order valence-corrected chi connectivity index (χ0v) is 11.3. The number of benzene rings is 1. The van der Waals surface area contributed by atoms with Crippen LogP contribution in [0, 0.1) is 0 Å². The summed E-state index contributed by atoms with van der Waals surface area (Å²) in [5, 5.41) is 3.49. The predicted molar refractivity (Wildman–Crippen MR) is 74.4 cm³/mol. The lowest BCUT2D eigenvalue weighted by atomic mass is 9.96. The first kappa shape index (κ1) is 11.8. The molecule has 18 heavy (non-hydrogen) atoms. The highest BCUT2D eigenvalue weighted by Crippen LogP contribution is 2.36. The number of rotatable bonds is 3. The van der Waals surface area contributed by atoms with E-state index in [4.69, 9.17) is 4.74 Å². The summed E-state index contributed by atoms with van der Waals surface area (Å²) in [5.74, 6) is 1.03. The van der Waals surface area contributed by atoms with E-state index >= 15 is 0 Å². The highest BCUT2D eigenvalue weighted by atomic mass is 16.5. The third-order valence-electron chi connectivity index (χ3n) is 3.96. The lowest BCUT2D eigenvalue weighted by molar-refractivity contribution is -0.0601.